The van der Waals surface area contributed by atoms with Gasteiger partial charge >= 0.3 is 0 Å². The van der Waals surface area contributed by atoms with Crippen molar-refractivity contribution in [2.24, 2.45) is 5.92 Å². The van der Waals surface area contributed by atoms with Crippen LogP contribution in [0.1, 0.15) is 40.3 Å². The van der Waals surface area contributed by atoms with E-state index in [1.165, 1.54) is 36.2 Å². The number of ether oxygens (including phenoxy) is 2. The summed E-state index contributed by atoms with van der Waals surface area (Å²) in [5, 5.41) is 16.3. The molecule has 0 bridgehead atoms. The fraction of sp³-hybridized carbons (Fsp3) is 0.355. The molecule has 5 heterocycles. The monoisotopic (exact) mass is 590 g/mol. The number of amides is 1. The minimum absolute atomic E-state index is 0.0554. The number of morpholine rings is 1. The number of benzene rings is 1. The van der Waals surface area contributed by atoms with Crippen LogP contribution in [0.2, 0.25) is 0 Å². The Kier molecular flexibility index (Phi) is 4.61. The number of fused-ring (bicyclic) bond motifs is 2. The number of aromatic nitrogens is 6. The molecule has 1 aliphatic carbocycles. The lowest BCUT2D eigenvalue weighted by atomic mass is 10.1. The second kappa shape index (κ2) is 11.4. The van der Waals surface area contributed by atoms with Crippen molar-refractivity contribution in [3.63, 3.8) is 0 Å². The minimum atomic E-state index is -3.26. The van der Waals surface area contributed by atoms with Gasteiger partial charge in [-0.05, 0) is 55.6 Å². The molecule has 4 aromatic heterocycles. The number of methoxy groups -OCH3 is 1. The predicted octanol–water partition coefficient (Wildman–Crippen LogP) is 3.95. The van der Waals surface area contributed by atoms with E-state index in [0.717, 1.165) is 18.4 Å². The van der Waals surface area contributed by atoms with Crippen molar-refractivity contribution in [3.05, 3.63) is 60.4 Å². The molecule has 12 nitrogen and oxygen atoms in total. The summed E-state index contributed by atoms with van der Waals surface area (Å²) in [6.45, 7) is -15.6. The first-order valence-electron chi connectivity index (χ1n) is 18.9. The highest BCUT2D eigenvalue weighted by Crippen LogP contribution is 2.34. The Hall–Kier alpha value is -4.84. The van der Waals surface area contributed by atoms with Gasteiger partial charge in [0.05, 0.1) is 43.1 Å². The van der Waals surface area contributed by atoms with Crippen LogP contribution < -0.4 is 19.9 Å². The number of carbonyl (C=O) groups excluding carboxylic acids is 1. The second-order valence-corrected chi connectivity index (χ2v) is 9.95. The van der Waals surface area contributed by atoms with Crippen molar-refractivity contribution in [2.45, 2.75) is 26.2 Å². The predicted molar refractivity (Wildman–Crippen MR) is 163 cm³/mol. The normalized spacial score (nSPS) is 23.9. The fourth-order valence-electron chi connectivity index (χ4n) is 4.66. The smallest absolute Gasteiger partial charge is 0.228 e. The Labute approximate surface area is 264 Å². The summed E-state index contributed by atoms with van der Waals surface area (Å²) < 4.78 is 101. The summed E-state index contributed by atoms with van der Waals surface area (Å²) in [6.07, 6.45) is 4.09. The molecule has 1 aliphatic heterocycles. The maximum atomic E-state index is 12.7. The number of rotatable bonds is 9. The third-order valence-electron chi connectivity index (χ3n) is 7.07. The summed E-state index contributed by atoms with van der Waals surface area (Å²) in [7, 11) is 1.54. The summed E-state index contributed by atoms with van der Waals surface area (Å²) in [6, 6.07) is 11.3. The van der Waals surface area contributed by atoms with Crippen molar-refractivity contribution in [1.82, 2.24) is 29.8 Å². The first-order chi connectivity index (χ1) is 25.2. The Balaban J connectivity index is 1.34. The number of nitrogens with zero attached hydrogens (tertiary/aromatic N) is 8. The van der Waals surface area contributed by atoms with E-state index in [1.807, 2.05) is 0 Å². The molecule has 12 heteroatoms. The molecule has 1 saturated heterocycles. The largest absolute Gasteiger partial charge is 0.497 e. The molecule has 0 atom stereocenters. The SMILES string of the molecule is [2H]C([2H])([2H])CN(Cc1ccc(OC)cc1)c1ncc(-c2nc3ccc(N4C([2H])([2H])C([2H])([2H])OC([2H])([2H])C4([2H])[2H])cn3n2)c2cc(NC(=O)C3CC3)nnc12. The lowest BCUT2D eigenvalue weighted by Gasteiger charge is -2.28. The molecule has 2 fully saturated rings. The molecule has 0 spiro atoms. The lowest BCUT2D eigenvalue weighted by Crippen LogP contribution is -2.36. The molecule has 7 rings (SSSR count). The average molecular weight is 591 g/mol. The summed E-state index contributed by atoms with van der Waals surface area (Å²) in [5.74, 6) is 0.619. The standard InChI is InChI=1S/C31H33N9O3/c1-3-38(18-20-4-9-23(42-2)10-5-20)30-28-24(16-26(35-36-28)33-31(41)21-6-7-21)25(17-32-30)29-34-27-11-8-22(19-40(27)37-29)39-12-14-43-15-13-39/h4-5,8-11,16-17,19,21H,3,6-7,12-15,18H2,1-2H3,(H,33,35,41)/i1D3,12D2,13D2,14D2,15D2. The van der Waals surface area contributed by atoms with Crippen LogP contribution in [0.4, 0.5) is 17.3 Å². The first kappa shape index (κ1) is 17.3. The minimum Gasteiger partial charge on any atom is -0.497 e. The zero-order valence-corrected chi connectivity index (χ0v) is 22.9. The van der Waals surface area contributed by atoms with E-state index < -0.39 is 39.5 Å². The second-order valence-electron chi connectivity index (χ2n) is 9.95. The molecule has 2 aliphatic rings. The highest BCUT2D eigenvalue weighted by Gasteiger charge is 2.30. The van der Waals surface area contributed by atoms with Crippen LogP contribution in [0.5, 0.6) is 5.75 Å². The van der Waals surface area contributed by atoms with E-state index >= 15 is 0 Å². The number of hydrogen-bond acceptors (Lipinski definition) is 10. The number of pyridine rings is 2. The summed E-state index contributed by atoms with van der Waals surface area (Å²) >= 11 is 0. The molecule has 1 amide bonds. The molecule has 1 N–H and O–H groups in total. The fourth-order valence-corrected chi connectivity index (χ4v) is 4.66. The van der Waals surface area contributed by atoms with Gasteiger partial charge in [0.1, 0.15) is 11.3 Å². The Morgan fingerprint density at radius 2 is 2.02 bits per heavy atom. The average Bonchev–Trinajstić information content (AvgIpc) is 3.85. The van der Waals surface area contributed by atoms with Gasteiger partial charge in [0, 0.05) is 53.3 Å². The summed E-state index contributed by atoms with van der Waals surface area (Å²) in [4.78, 5) is 23.8. The van der Waals surface area contributed by atoms with Gasteiger partial charge in [0.2, 0.25) is 5.91 Å². The van der Waals surface area contributed by atoms with E-state index in [-0.39, 0.29) is 52.7 Å². The maximum absolute atomic E-state index is 12.7. The van der Waals surface area contributed by atoms with Gasteiger partial charge in [0.15, 0.2) is 23.1 Å². The molecule has 220 valence electrons. The number of anilines is 3. The quantitative estimate of drug-likeness (QED) is 0.270. The zero-order valence-electron chi connectivity index (χ0n) is 33.9. The number of carbonyl (C=O) groups is 1. The van der Waals surface area contributed by atoms with Crippen LogP contribution in [0.15, 0.2) is 54.9 Å². The van der Waals surface area contributed by atoms with Crippen LogP contribution in [0.3, 0.4) is 0 Å². The van der Waals surface area contributed by atoms with Gasteiger partial charge in [-0.15, -0.1) is 15.3 Å². The molecule has 43 heavy (non-hydrogen) atoms. The van der Waals surface area contributed by atoms with Gasteiger partial charge in [-0.2, -0.15) is 0 Å². The van der Waals surface area contributed by atoms with Gasteiger partial charge < -0.3 is 24.6 Å². The van der Waals surface area contributed by atoms with Crippen molar-refractivity contribution >= 4 is 39.8 Å². The topological polar surface area (TPSA) is 123 Å². The van der Waals surface area contributed by atoms with Crippen molar-refractivity contribution < 1.29 is 29.3 Å². The van der Waals surface area contributed by atoms with Crippen molar-refractivity contribution in [3.8, 4) is 17.1 Å². The van der Waals surface area contributed by atoms with Gasteiger partial charge in [-0.25, -0.2) is 14.5 Å². The molecule has 5 aromatic rings. The Bertz CT molecular complexity index is 2220. The maximum Gasteiger partial charge on any atom is 0.228 e. The van der Waals surface area contributed by atoms with Crippen molar-refractivity contribution in [1.29, 1.82) is 0 Å². The molecular weight excluding hydrogens is 546 g/mol. The van der Waals surface area contributed by atoms with E-state index in [1.54, 1.807) is 35.2 Å². The lowest BCUT2D eigenvalue weighted by molar-refractivity contribution is -0.117. The zero-order chi connectivity index (χ0) is 39.0. The number of nitrogens with one attached hydrogen (secondary N) is 1. The molecule has 1 aromatic carbocycles. The molecule has 0 unspecified atom stereocenters. The van der Waals surface area contributed by atoms with E-state index in [2.05, 4.69) is 35.3 Å². The first-order valence-corrected chi connectivity index (χ1v) is 13.4. The van der Waals surface area contributed by atoms with Gasteiger partial charge in [-0.3, -0.25) is 4.79 Å². The third kappa shape index (κ3) is 5.53. The number of hydrogen-bond donors (Lipinski definition) is 1. The Morgan fingerprint density at radius 3 is 2.79 bits per heavy atom. The third-order valence-corrected chi connectivity index (χ3v) is 7.07. The molecular formula is C31H33N9O3. The molecule has 0 radical (unpaired) electrons. The van der Waals surface area contributed by atoms with E-state index in [9.17, 15) is 4.79 Å². The van der Waals surface area contributed by atoms with E-state index in [4.69, 9.17) is 19.8 Å². The van der Waals surface area contributed by atoms with Crippen LogP contribution in [0, 0.1) is 5.92 Å². The summed E-state index contributed by atoms with van der Waals surface area (Å²) in [5.41, 5.74) is 1.15. The highest BCUT2D eigenvalue weighted by molar-refractivity contribution is 6.01. The Morgan fingerprint density at radius 1 is 1.19 bits per heavy atom. The van der Waals surface area contributed by atoms with Crippen LogP contribution in [-0.4, -0.2) is 75.5 Å². The van der Waals surface area contributed by atoms with Crippen LogP contribution >= 0.6 is 0 Å². The van der Waals surface area contributed by atoms with Crippen LogP contribution in [-0.2, 0) is 16.1 Å². The van der Waals surface area contributed by atoms with Crippen molar-refractivity contribution in [2.75, 3.05) is 54.9 Å². The molecule has 1 saturated carbocycles. The van der Waals surface area contributed by atoms with Gasteiger partial charge in [-0.1, -0.05) is 12.1 Å². The van der Waals surface area contributed by atoms with E-state index in [0.29, 0.717) is 21.6 Å². The van der Waals surface area contributed by atoms with Crippen LogP contribution in [0.25, 0.3) is 27.9 Å². The van der Waals surface area contributed by atoms with Gasteiger partial charge in [0.25, 0.3) is 0 Å². The highest BCUT2D eigenvalue weighted by atomic mass is 16.5.